The van der Waals surface area contributed by atoms with Crippen molar-refractivity contribution in [2.75, 3.05) is 19.4 Å². The number of ether oxygens (including phenoxy) is 1. The minimum Gasteiger partial charge on any atom is -0.459 e. The van der Waals surface area contributed by atoms with Crippen LogP contribution in [0.15, 0.2) is 18.2 Å². The minimum atomic E-state index is -0.682. The molecule has 160 valence electrons. The lowest BCUT2D eigenvalue weighted by Gasteiger charge is -2.11. The predicted octanol–water partition coefficient (Wildman–Crippen LogP) is 4.14. The number of halogens is 1. The number of nitro groups is 1. The molecule has 30 heavy (non-hydrogen) atoms. The Morgan fingerprint density at radius 1 is 1.27 bits per heavy atom. The number of carbonyl (C=O) groups is 3. The molecule has 0 unspecified atom stereocenters. The van der Waals surface area contributed by atoms with Gasteiger partial charge in [0.2, 0.25) is 0 Å². The van der Waals surface area contributed by atoms with E-state index in [4.69, 9.17) is 16.3 Å². The Morgan fingerprint density at radius 2 is 1.90 bits per heavy atom. The molecule has 0 aliphatic carbocycles. The monoisotopic (exact) mass is 453 g/mol. The fourth-order valence-corrected chi connectivity index (χ4v) is 3.97. The smallest absolute Gasteiger partial charge is 0.341 e. The number of non-ortho nitro benzene ring substituents is 1. The van der Waals surface area contributed by atoms with Crippen LogP contribution in [0.3, 0.4) is 0 Å². The summed E-state index contributed by atoms with van der Waals surface area (Å²) in [5.74, 6) is -1.69. The first kappa shape index (κ1) is 23.3. The van der Waals surface area contributed by atoms with Crippen LogP contribution >= 0.6 is 22.9 Å². The summed E-state index contributed by atoms with van der Waals surface area (Å²) in [6.45, 7) is 4.96. The van der Waals surface area contributed by atoms with E-state index in [0.29, 0.717) is 5.56 Å². The lowest BCUT2D eigenvalue weighted by Crippen LogP contribution is -2.21. The SMILES string of the molecule is Cc1c(C(=O)N(C)C)sc(NC(=O)c2ccc([N+](=O)[O-])cc2Cl)c1C(=O)OC(C)C. The van der Waals surface area contributed by atoms with Gasteiger partial charge in [0.1, 0.15) is 5.00 Å². The average Bonchev–Trinajstić information content (AvgIpc) is 2.95. The molecule has 2 amide bonds. The molecular formula is C19H20ClN3O6S. The molecule has 0 saturated carbocycles. The van der Waals surface area contributed by atoms with E-state index in [2.05, 4.69) is 5.32 Å². The summed E-state index contributed by atoms with van der Waals surface area (Å²) in [5.41, 5.74) is 0.181. The van der Waals surface area contributed by atoms with Gasteiger partial charge in [0, 0.05) is 26.2 Å². The fourth-order valence-electron chi connectivity index (χ4n) is 2.50. The summed E-state index contributed by atoms with van der Waals surface area (Å²) in [5, 5.41) is 13.4. The lowest BCUT2D eigenvalue weighted by molar-refractivity contribution is -0.384. The van der Waals surface area contributed by atoms with E-state index in [1.54, 1.807) is 34.9 Å². The highest BCUT2D eigenvalue weighted by Crippen LogP contribution is 2.35. The van der Waals surface area contributed by atoms with Gasteiger partial charge in [-0.2, -0.15) is 0 Å². The molecule has 2 rings (SSSR count). The van der Waals surface area contributed by atoms with Crippen molar-refractivity contribution in [1.29, 1.82) is 0 Å². The number of esters is 1. The largest absolute Gasteiger partial charge is 0.459 e. The Morgan fingerprint density at radius 3 is 2.40 bits per heavy atom. The first-order valence-corrected chi connectivity index (χ1v) is 9.94. The molecule has 0 atom stereocenters. The maximum absolute atomic E-state index is 12.7. The van der Waals surface area contributed by atoms with E-state index < -0.39 is 22.9 Å². The van der Waals surface area contributed by atoms with Crippen LogP contribution in [0, 0.1) is 17.0 Å². The average molecular weight is 454 g/mol. The van der Waals surface area contributed by atoms with Gasteiger partial charge < -0.3 is 15.0 Å². The van der Waals surface area contributed by atoms with Crippen LogP contribution in [0.5, 0.6) is 0 Å². The molecule has 1 aromatic carbocycles. The molecule has 0 bridgehead atoms. The molecule has 2 aromatic rings. The Bertz CT molecular complexity index is 1030. The van der Waals surface area contributed by atoms with Crippen LogP contribution in [0.1, 0.15) is 49.8 Å². The third-order valence-electron chi connectivity index (χ3n) is 3.93. The second-order valence-electron chi connectivity index (χ2n) is 6.79. The van der Waals surface area contributed by atoms with Crippen LogP contribution in [-0.2, 0) is 4.74 Å². The van der Waals surface area contributed by atoms with Crippen LogP contribution in [0.2, 0.25) is 5.02 Å². The van der Waals surface area contributed by atoms with Gasteiger partial charge in [-0.15, -0.1) is 11.3 Å². The molecular weight excluding hydrogens is 434 g/mol. The van der Waals surface area contributed by atoms with Crippen molar-refractivity contribution in [2.45, 2.75) is 26.9 Å². The van der Waals surface area contributed by atoms with Crippen LogP contribution in [0.25, 0.3) is 0 Å². The number of nitrogens with zero attached hydrogens (tertiary/aromatic N) is 2. The number of anilines is 1. The zero-order valence-electron chi connectivity index (χ0n) is 16.9. The third kappa shape index (κ3) is 4.95. The molecule has 9 nitrogen and oxygen atoms in total. The number of thiophene rings is 1. The zero-order chi connectivity index (χ0) is 22.7. The highest BCUT2D eigenvalue weighted by molar-refractivity contribution is 7.18. The number of benzene rings is 1. The van der Waals surface area contributed by atoms with Crippen molar-refractivity contribution < 1.29 is 24.0 Å². The molecule has 1 heterocycles. The summed E-state index contributed by atoms with van der Waals surface area (Å²) in [6.07, 6.45) is -0.405. The molecule has 0 aliphatic rings. The van der Waals surface area contributed by atoms with Crippen LogP contribution in [-0.4, -0.2) is 47.8 Å². The standard InChI is InChI=1S/C19H20ClN3O6S/c1-9(2)29-19(26)14-10(3)15(18(25)22(4)5)30-17(14)21-16(24)12-7-6-11(23(27)28)8-13(12)20/h6-9H,1-5H3,(H,21,24). The lowest BCUT2D eigenvalue weighted by atomic mass is 10.1. The van der Waals surface area contributed by atoms with Gasteiger partial charge in [-0.05, 0) is 32.4 Å². The first-order chi connectivity index (χ1) is 13.9. The normalized spacial score (nSPS) is 10.6. The first-order valence-electron chi connectivity index (χ1n) is 8.75. The Hall–Kier alpha value is -2.98. The number of hydrogen-bond donors (Lipinski definition) is 1. The molecule has 1 aromatic heterocycles. The van der Waals surface area contributed by atoms with Crippen LogP contribution < -0.4 is 5.32 Å². The highest BCUT2D eigenvalue weighted by Gasteiger charge is 2.28. The molecule has 0 radical (unpaired) electrons. The van der Waals surface area contributed by atoms with Gasteiger partial charge in [-0.3, -0.25) is 19.7 Å². The maximum atomic E-state index is 12.7. The van der Waals surface area contributed by atoms with Crippen molar-refractivity contribution in [1.82, 2.24) is 4.90 Å². The van der Waals surface area contributed by atoms with Crippen molar-refractivity contribution in [3.8, 4) is 0 Å². The van der Waals surface area contributed by atoms with Gasteiger partial charge >= 0.3 is 5.97 Å². The van der Waals surface area contributed by atoms with E-state index in [1.807, 2.05) is 0 Å². The fraction of sp³-hybridized carbons (Fsp3) is 0.316. The Labute approximate surface area is 181 Å². The van der Waals surface area contributed by atoms with Gasteiger partial charge in [0.05, 0.1) is 32.1 Å². The summed E-state index contributed by atoms with van der Waals surface area (Å²) >= 11 is 6.96. The number of nitro benzene ring substituents is 1. The molecule has 11 heteroatoms. The van der Waals surface area contributed by atoms with Crippen molar-refractivity contribution >= 4 is 51.4 Å². The van der Waals surface area contributed by atoms with Crippen molar-refractivity contribution in [2.24, 2.45) is 0 Å². The summed E-state index contributed by atoms with van der Waals surface area (Å²) in [7, 11) is 3.14. The predicted molar refractivity (Wildman–Crippen MR) is 114 cm³/mol. The molecule has 0 aliphatic heterocycles. The molecule has 0 saturated heterocycles. The number of carbonyl (C=O) groups excluding carboxylic acids is 3. The van der Waals surface area contributed by atoms with Crippen molar-refractivity contribution in [3.63, 3.8) is 0 Å². The van der Waals surface area contributed by atoms with E-state index in [1.165, 1.54) is 11.0 Å². The highest BCUT2D eigenvalue weighted by atomic mass is 35.5. The number of rotatable bonds is 6. The van der Waals surface area contributed by atoms with Gasteiger partial charge in [-0.25, -0.2) is 4.79 Å². The second-order valence-corrected chi connectivity index (χ2v) is 8.22. The van der Waals surface area contributed by atoms with E-state index in [0.717, 1.165) is 23.5 Å². The van der Waals surface area contributed by atoms with E-state index in [9.17, 15) is 24.5 Å². The number of nitrogens with one attached hydrogen (secondary N) is 1. The Balaban J connectivity index is 2.48. The van der Waals surface area contributed by atoms with Gasteiger partial charge in [0.15, 0.2) is 0 Å². The maximum Gasteiger partial charge on any atom is 0.341 e. The third-order valence-corrected chi connectivity index (χ3v) is 5.44. The molecule has 0 spiro atoms. The zero-order valence-corrected chi connectivity index (χ0v) is 18.5. The van der Waals surface area contributed by atoms with Gasteiger partial charge in [-0.1, -0.05) is 11.6 Å². The number of hydrogen-bond acceptors (Lipinski definition) is 7. The number of amides is 2. The minimum absolute atomic E-state index is 0.0167. The Kier molecular flexibility index (Phi) is 7.16. The second kappa shape index (κ2) is 9.23. The van der Waals surface area contributed by atoms with Gasteiger partial charge in [0.25, 0.3) is 17.5 Å². The van der Waals surface area contributed by atoms with Crippen LogP contribution in [0.4, 0.5) is 10.7 Å². The molecule has 0 fully saturated rings. The quantitative estimate of drug-likeness (QED) is 0.399. The summed E-state index contributed by atoms with van der Waals surface area (Å²) < 4.78 is 5.25. The van der Waals surface area contributed by atoms with E-state index in [-0.39, 0.29) is 37.6 Å². The summed E-state index contributed by atoms with van der Waals surface area (Å²) in [6, 6.07) is 3.43. The van der Waals surface area contributed by atoms with Crippen molar-refractivity contribution in [3.05, 3.63) is 54.9 Å². The summed E-state index contributed by atoms with van der Waals surface area (Å²) in [4.78, 5) is 49.7. The molecule has 1 N–H and O–H groups in total. The topological polar surface area (TPSA) is 119 Å². The van der Waals surface area contributed by atoms with E-state index >= 15 is 0 Å².